The third kappa shape index (κ3) is 5.73. The number of benzene rings is 2. The molecule has 0 bridgehead atoms. The molecule has 3 heterocycles. The van der Waals surface area contributed by atoms with E-state index in [1.165, 1.54) is 0 Å². The smallest absolute Gasteiger partial charge is 0.253 e. The lowest BCUT2D eigenvalue weighted by molar-refractivity contribution is 0.0161. The minimum absolute atomic E-state index is 0.115. The van der Waals surface area contributed by atoms with Gasteiger partial charge in [0.25, 0.3) is 5.91 Å². The minimum atomic E-state index is 0.115. The average molecular weight is 564 g/mol. The van der Waals surface area contributed by atoms with Gasteiger partial charge in [0.15, 0.2) is 0 Å². The average Bonchev–Trinajstić information content (AvgIpc) is 2.94. The van der Waals surface area contributed by atoms with E-state index in [1.54, 1.807) is 6.20 Å². The van der Waals surface area contributed by atoms with Crippen LogP contribution in [-0.4, -0.2) is 64.7 Å². The van der Waals surface area contributed by atoms with Crippen LogP contribution in [0.2, 0.25) is 0 Å². The molecule has 3 aromatic rings. The topological polar surface area (TPSA) is 58.0 Å². The van der Waals surface area contributed by atoms with Gasteiger partial charge in [-0.05, 0) is 94.6 Å². The first-order valence-electron chi connectivity index (χ1n) is 13.3. The van der Waals surface area contributed by atoms with Crippen LogP contribution in [0.5, 0.6) is 0 Å². The molecule has 2 aliphatic rings. The quantitative estimate of drug-likeness (QED) is 0.267. The molecule has 194 valence electrons. The SMILES string of the molecule is CCON=C(c1ccc(Br)cc1)C1CCN(C2(C)CCN(C(=O)c3ccc4ncccc4c3)CC2)CC1. The highest BCUT2D eigenvalue weighted by molar-refractivity contribution is 9.10. The number of piperidine rings is 2. The maximum absolute atomic E-state index is 13.3. The molecule has 1 aromatic heterocycles. The molecule has 0 spiro atoms. The Kier molecular flexibility index (Phi) is 7.91. The summed E-state index contributed by atoms with van der Waals surface area (Å²) in [6.45, 7) is 8.57. The Bertz CT molecular complexity index is 1260. The second kappa shape index (κ2) is 11.3. The van der Waals surface area contributed by atoms with Gasteiger partial charge < -0.3 is 9.74 Å². The van der Waals surface area contributed by atoms with Gasteiger partial charge in [-0.15, -0.1) is 0 Å². The van der Waals surface area contributed by atoms with Crippen molar-refractivity contribution >= 4 is 38.5 Å². The fraction of sp³-hybridized carbons (Fsp3) is 0.433. The maximum Gasteiger partial charge on any atom is 0.253 e. The lowest BCUT2D eigenvalue weighted by atomic mass is 9.82. The molecule has 2 fully saturated rings. The summed E-state index contributed by atoms with van der Waals surface area (Å²) in [4.78, 5) is 27.8. The number of hydrogen-bond donors (Lipinski definition) is 0. The van der Waals surface area contributed by atoms with Crippen LogP contribution < -0.4 is 0 Å². The summed E-state index contributed by atoms with van der Waals surface area (Å²) in [5.41, 5.74) is 3.98. The molecule has 0 radical (unpaired) electrons. The Morgan fingerprint density at radius 2 is 1.76 bits per heavy atom. The van der Waals surface area contributed by atoms with Gasteiger partial charge in [-0.25, -0.2) is 0 Å². The summed E-state index contributed by atoms with van der Waals surface area (Å²) in [6, 6.07) is 18.1. The molecule has 37 heavy (non-hydrogen) atoms. The van der Waals surface area contributed by atoms with Crippen molar-refractivity contribution in [3.8, 4) is 0 Å². The first-order chi connectivity index (χ1) is 18.0. The number of pyridine rings is 1. The maximum atomic E-state index is 13.3. The summed E-state index contributed by atoms with van der Waals surface area (Å²) in [5, 5.41) is 5.54. The van der Waals surface area contributed by atoms with Crippen molar-refractivity contribution < 1.29 is 9.63 Å². The van der Waals surface area contributed by atoms with E-state index < -0.39 is 0 Å². The van der Waals surface area contributed by atoms with E-state index in [4.69, 9.17) is 4.84 Å². The highest BCUT2D eigenvalue weighted by Crippen LogP contribution is 2.34. The lowest BCUT2D eigenvalue weighted by Gasteiger charge is -2.49. The molecule has 0 saturated carbocycles. The van der Waals surface area contributed by atoms with Crippen molar-refractivity contribution in [2.45, 2.75) is 45.1 Å². The van der Waals surface area contributed by atoms with E-state index in [1.807, 2.05) is 42.2 Å². The molecule has 0 aliphatic carbocycles. The number of aromatic nitrogens is 1. The van der Waals surface area contributed by atoms with Gasteiger partial charge in [-0.3, -0.25) is 14.7 Å². The van der Waals surface area contributed by atoms with E-state index in [2.05, 4.69) is 62.2 Å². The first-order valence-corrected chi connectivity index (χ1v) is 14.1. The van der Waals surface area contributed by atoms with Crippen molar-refractivity contribution in [1.82, 2.24) is 14.8 Å². The van der Waals surface area contributed by atoms with Crippen LogP contribution in [0.15, 0.2) is 70.4 Å². The predicted molar refractivity (Wildman–Crippen MR) is 152 cm³/mol. The third-order valence-corrected chi connectivity index (χ3v) is 8.58. The summed E-state index contributed by atoms with van der Waals surface area (Å²) >= 11 is 3.53. The van der Waals surface area contributed by atoms with Gasteiger partial charge in [0, 0.05) is 46.2 Å². The summed E-state index contributed by atoms with van der Waals surface area (Å²) in [7, 11) is 0. The van der Waals surface area contributed by atoms with Crippen LogP contribution >= 0.6 is 15.9 Å². The number of likely N-dealkylation sites (tertiary alicyclic amines) is 2. The standard InChI is InChI=1S/C30H35BrN4O2/c1-3-37-33-28(22-6-9-26(31)10-7-22)23-12-17-35(18-13-23)30(2)14-19-34(20-15-30)29(36)25-8-11-27-24(21-25)5-4-16-32-27/h4-11,16,21,23H,3,12-15,17-20H2,1-2H3. The van der Waals surface area contributed by atoms with Crippen LogP contribution in [0.4, 0.5) is 0 Å². The molecule has 2 saturated heterocycles. The number of oxime groups is 1. The van der Waals surface area contributed by atoms with E-state index >= 15 is 0 Å². The molecule has 1 amide bonds. The van der Waals surface area contributed by atoms with E-state index in [0.717, 1.165) is 84.1 Å². The van der Waals surface area contributed by atoms with Crippen LogP contribution in [-0.2, 0) is 4.84 Å². The molecule has 0 atom stereocenters. The van der Waals surface area contributed by atoms with Crippen LogP contribution in [0.3, 0.4) is 0 Å². The lowest BCUT2D eigenvalue weighted by Crippen LogP contribution is -2.56. The van der Waals surface area contributed by atoms with Crippen molar-refractivity contribution in [3.63, 3.8) is 0 Å². The molecule has 5 rings (SSSR count). The Labute approximate surface area is 227 Å². The van der Waals surface area contributed by atoms with E-state index in [0.29, 0.717) is 12.5 Å². The zero-order valence-electron chi connectivity index (χ0n) is 21.7. The van der Waals surface area contributed by atoms with Gasteiger partial charge in [0.2, 0.25) is 0 Å². The van der Waals surface area contributed by atoms with E-state index in [9.17, 15) is 4.79 Å². The molecule has 0 N–H and O–H groups in total. The van der Waals surface area contributed by atoms with Crippen LogP contribution in [0, 0.1) is 5.92 Å². The van der Waals surface area contributed by atoms with Crippen molar-refractivity contribution in [2.75, 3.05) is 32.8 Å². The minimum Gasteiger partial charge on any atom is -0.396 e. The number of carbonyl (C=O) groups excluding carboxylic acids is 1. The van der Waals surface area contributed by atoms with Crippen LogP contribution in [0.25, 0.3) is 10.9 Å². The summed E-state index contributed by atoms with van der Waals surface area (Å²) < 4.78 is 1.07. The molecule has 6 nitrogen and oxygen atoms in total. The summed E-state index contributed by atoms with van der Waals surface area (Å²) in [5.74, 6) is 0.509. The number of amides is 1. The Morgan fingerprint density at radius 3 is 2.46 bits per heavy atom. The monoisotopic (exact) mass is 562 g/mol. The Morgan fingerprint density at radius 1 is 1.05 bits per heavy atom. The van der Waals surface area contributed by atoms with Gasteiger partial charge in [0.1, 0.15) is 6.61 Å². The zero-order valence-corrected chi connectivity index (χ0v) is 23.3. The van der Waals surface area contributed by atoms with Gasteiger partial charge in [0.05, 0.1) is 11.2 Å². The fourth-order valence-corrected chi connectivity index (χ4v) is 5.97. The summed E-state index contributed by atoms with van der Waals surface area (Å²) in [6.07, 6.45) is 5.89. The first kappa shape index (κ1) is 25.9. The molecular weight excluding hydrogens is 528 g/mol. The van der Waals surface area contributed by atoms with Gasteiger partial charge >= 0.3 is 0 Å². The number of rotatable bonds is 6. The number of halogens is 1. The number of nitrogens with zero attached hydrogens (tertiary/aromatic N) is 4. The largest absolute Gasteiger partial charge is 0.396 e. The van der Waals surface area contributed by atoms with E-state index in [-0.39, 0.29) is 11.4 Å². The fourth-order valence-electron chi connectivity index (χ4n) is 5.71. The van der Waals surface area contributed by atoms with Crippen molar-refractivity contribution in [3.05, 3.63) is 76.4 Å². The van der Waals surface area contributed by atoms with Crippen molar-refractivity contribution in [1.29, 1.82) is 0 Å². The third-order valence-electron chi connectivity index (χ3n) is 8.05. The van der Waals surface area contributed by atoms with Gasteiger partial charge in [-0.2, -0.15) is 0 Å². The number of carbonyl (C=O) groups is 1. The van der Waals surface area contributed by atoms with Crippen molar-refractivity contribution in [2.24, 2.45) is 11.1 Å². The van der Waals surface area contributed by atoms with Crippen LogP contribution in [0.1, 0.15) is 55.5 Å². The number of fused-ring (bicyclic) bond motifs is 1. The highest BCUT2D eigenvalue weighted by atomic mass is 79.9. The molecule has 2 aromatic carbocycles. The van der Waals surface area contributed by atoms with Gasteiger partial charge in [-0.1, -0.05) is 39.3 Å². The molecule has 2 aliphatic heterocycles. The normalized spacial score (nSPS) is 19.2. The predicted octanol–water partition coefficient (Wildman–Crippen LogP) is 6.14. The molecule has 7 heteroatoms. The zero-order chi connectivity index (χ0) is 25.8. The second-order valence-electron chi connectivity index (χ2n) is 10.4. The highest BCUT2D eigenvalue weighted by Gasteiger charge is 2.39. The number of hydrogen-bond acceptors (Lipinski definition) is 5. The molecular formula is C30H35BrN4O2. The second-order valence-corrected chi connectivity index (χ2v) is 11.3. The Hall–Kier alpha value is -2.77. The molecule has 0 unspecified atom stereocenters. The Balaban J connectivity index is 1.20.